The Kier molecular flexibility index (Phi) is 7.96. The first-order chi connectivity index (χ1) is 14.4. The summed E-state index contributed by atoms with van der Waals surface area (Å²) in [5, 5.41) is 29.9. The van der Waals surface area contributed by atoms with Crippen LogP contribution in [-0.4, -0.2) is 30.8 Å². The number of anilines is 1. The molecule has 10 nitrogen and oxygen atoms in total. The Morgan fingerprint density at radius 2 is 1.58 bits per heavy atom. The molecule has 1 amide bonds. The number of hydrogen-bond acceptors (Lipinski definition) is 6. The first-order valence-electron chi connectivity index (χ1n) is 8.33. The van der Waals surface area contributed by atoms with Gasteiger partial charge in [0.2, 0.25) is 3.79 Å². The highest BCUT2D eigenvalue weighted by molar-refractivity contribution is 7.80. The molecule has 2 rings (SSSR count). The fourth-order valence-electron chi connectivity index (χ4n) is 2.35. The molecular formula is C17H14Cl3N5O5S. The number of carbonyl (C=O) groups is 1. The van der Waals surface area contributed by atoms with Crippen LogP contribution >= 0.6 is 47.0 Å². The van der Waals surface area contributed by atoms with Gasteiger partial charge < -0.3 is 16.0 Å². The Morgan fingerprint density at radius 1 is 1.03 bits per heavy atom. The second-order valence-electron chi connectivity index (χ2n) is 6.11. The van der Waals surface area contributed by atoms with Gasteiger partial charge in [-0.2, -0.15) is 0 Å². The number of aryl methyl sites for hydroxylation is 1. The van der Waals surface area contributed by atoms with Crippen molar-refractivity contribution in [2.24, 2.45) is 0 Å². The van der Waals surface area contributed by atoms with Gasteiger partial charge in [0.25, 0.3) is 17.3 Å². The van der Waals surface area contributed by atoms with Crippen molar-refractivity contribution in [3.63, 3.8) is 0 Å². The lowest BCUT2D eigenvalue weighted by molar-refractivity contribution is -0.394. The molecule has 31 heavy (non-hydrogen) atoms. The number of rotatable bonds is 6. The fraction of sp³-hybridized carbons (Fsp3) is 0.176. The molecule has 2 aromatic rings. The van der Waals surface area contributed by atoms with E-state index in [2.05, 4.69) is 16.0 Å². The fourth-order valence-corrected chi connectivity index (χ4v) is 2.91. The number of thiocarbonyl (C=S) groups is 1. The molecule has 0 radical (unpaired) electrons. The highest BCUT2D eigenvalue weighted by Crippen LogP contribution is 2.30. The van der Waals surface area contributed by atoms with Gasteiger partial charge in [0.15, 0.2) is 5.11 Å². The minimum atomic E-state index is -2.10. The average molecular weight is 507 g/mol. The summed E-state index contributed by atoms with van der Waals surface area (Å²) in [6.07, 6.45) is -1.38. The van der Waals surface area contributed by atoms with Crippen LogP contribution in [0.25, 0.3) is 0 Å². The van der Waals surface area contributed by atoms with E-state index in [0.29, 0.717) is 5.69 Å². The number of nitrogens with zero attached hydrogens (tertiary/aromatic N) is 2. The van der Waals surface area contributed by atoms with E-state index in [-0.39, 0.29) is 10.7 Å². The molecular weight excluding hydrogens is 493 g/mol. The van der Waals surface area contributed by atoms with Gasteiger partial charge in [-0.15, -0.1) is 0 Å². The third kappa shape index (κ3) is 6.89. The normalized spacial score (nSPS) is 11.9. The minimum absolute atomic E-state index is 0.0101. The van der Waals surface area contributed by atoms with Crippen molar-refractivity contribution in [3.05, 3.63) is 73.8 Å². The number of carbonyl (C=O) groups excluding carboxylic acids is 1. The lowest BCUT2D eigenvalue weighted by Gasteiger charge is -2.28. The van der Waals surface area contributed by atoms with Crippen molar-refractivity contribution in [1.29, 1.82) is 0 Å². The maximum absolute atomic E-state index is 12.6. The van der Waals surface area contributed by atoms with E-state index in [4.69, 9.17) is 47.0 Å². The molecule has 0 unspecified atom stereocenters. The molecule has 0 aliphatic heterocycles. The summed E-state index contributed by atoms with van der Waals surface area (Å²) in [7, 11) is 0. The minimum Gasteiger partial charge on any atom is -0.339 e. The van der Waals surface area contributed by atoms with Crippen LogP contribution in [0, 0.1) is 27.2 Å². The Labute approximate surface area is 196 Å². The Balaban J connectivity index is 2.24. The second-order valence-corrected chi connectivity index (χ2v) is 8.89. The van der Waals surface area contributed by atoms with E-state index in [1.54, 1.807) is 12.1 Å². The lowest BCUT2D eigenvalue weighted by Crippen LogP contribution is -2.56. The molecule has 164 valence electrons. The zero-order valence-electron chi connectivity index (χ0n) is 15.6. The van der Waals surface area contributed by atoms with Crippen LogP contribution in [0.4, 0.5) is 17.1 Å². The molecule has 0 aliphatic carbocycles. The zero-order valence-corrected chi connectivity index (χ0v) is 18.7. The molecule has 0 bridgehead atoms. The average Bonchev–Trinajstić information content (AvgIpc) is 2.68. The number of nitro benzene ring substituents is 2. The summed E-state index contributed by atoms with van der Waals surface area (Å²) < 4.78 is -2.10. The van der Waals surface area contributed by atoms with Crippen LogP contribution in [0.5, 0.6) is 0 Å². The summed E-state index contributed by atoms with van der Waals surface area (Å²) in [6.45, 7) is 1.84. The highest BCUT2D eigenvalue weighted by atomic mass is 35.6. The van der Waals surface area contributed by atoms with Gasteiger partial charge in [-0.25, -0.2) is 0 Å². The van der Waals surface area contributed by atoms with Crippen LogP contribution in [0.2, 0.25) is 0 Å². The van der Waals surface area contributed by atoms with Crippen LogP contribution in [0.3, 0.4) is 0 Å². The van der Waals surface area contributed by atoms with Crippen LogP contribution in [-0.2, 0) is 0 Å². The van der Waals surface area contributed by atoms with Crippen molar-refractivity contribution in [2.75, 3.05) is 5.32 Å². The van der Waals surface area contributed by atoms with Gasteiger partial charge >= 0.3 is 0 Å². The Morgan fingerprint density at radius 3 is 2.06 bits per heavy atom. The van der Waals surface area contributed by atoms with Gasteiger partial charge in [0.1, 0.15) is 6.17 Å². The predicted molar refractivity (Wildman–Crippen MR) is 122 cm³/mol. The van der Waals surface area contributed by atoms with Gasteiger partial charge in [-0.05, 0) is 30.8 Å². The second kappa shape index (κ2) is 10.1. The van der Waals surface area contributed by atoms with Crippen LogP contribution in [0.15, 0.2) is 42.5 Å². The summed E-state index contributed by atoms with van der Waals surface area (Å²) in [5.74, 6) is -0.964. The molecule has 0 saturated carbocycles. The van der Waals surface area contributed by atoms with Crippen molar-refractivity contribution in [1.82, 2.24) is 10.6 Å². The molecule has 0 aromatic heterocycles. The predicted octanol–water partition coefficient (Wildman–Crippen LogP) is 4.22. The van der Waals surface area contributed by atoms with E-state index < -0.39 is 37.1 Å². The van der Waals surface area contributed by atoms with Crippen molar-refractivity contribution < 1.29 is 14.6 Å². The van der Waals surface area contributed by atoms with Crippen LogP contribution < -0.4 is 16.0 Å². The maximum atomic E-state index is 12.6. The molecule has 14 heteroatoms. The molecule has 0 aliphatic rings. The number of alkyl halides is 3. The Hall–Kier alpha value is -2.73. The largest absolute Gasteiger partial charge is 0.339 e. The third-order valence-electron chi connectivity index (χ3n) is 3.86. The van der Waals surface area contributed by atoms with E-state index in [1.165, 1.54) is 0 Å². The van der Waals surface area contributed by atoms with Gasteiger partial charge in [-0.3, -0.25) is 25.0 Å². The summed E-state index contributed by atoms with van der Waals surface area (Å²) in [5.41, 5.74) is -0.113. The third-order valence-corrected chi connectivity index (χ3v) is 4.73. The molecule has 0 saturated heterocycles. The van der Waals surface area contributed by atoms with E-state index in [1.807, 2.05) is 19.1 Å². The highest BCUT2D eigenvalue weighted by Gasteiger charge is 2.35. The van der Waals surface area contributed by atoms with Crippen molar-refractivity contribution >= 4 is 75.1 Å². The van der Waals surface area contributed by atoms with E-state index >= 15 is 0 Å². The lowest BCUT2D eigenvalue weighted by atomic mass is 10.1. The summed E-state index contributed by atoms with van der Waals surface area (Å²) >= 11 is 23.0. The standard InChI is InChI=1S/C17H14Cl3N5O5S/c1-9-4-2-3-5-13(9)21-16(31)23-15(17(18,19)20)22-14(26)10-6-11(24(27)28)8-12(7-10)25(29)30/h2-8,15H,1H3,(H,22,26)(H2,21,23,31)/t15-/m1/s1. The number of non-ortho nitro benzene ring substituents is 2. The monoisotopic (exact) mass is 505 g/mol. The van der Waals surface area contributed by atoms with Gasteiger partial charge in [0, 0.05) is 17.8 Å². The number of nitrogens with one attached hydrogen (secondary N) is 3. The molecule has 0 spiro atoms. The maximum Gasteiger partial charge on any atom is 0.277 e. The van der Waals surface area contributed by atoms with Crippen LogP contribution in [0.1, 0.15) is 15.9 Å². The van der Waals surface area contributed by atoms with E-state index in [9.17, 15) is 25.0 Å². The van der Waals surface area contributed by atoms with Crippen molar-refractivity contribution in [2.45, 2.75) is 16.9 Å². The smallest absolute Gasteiger partial charge is 0.277 e. The first kappa shape index (κ1) is 24.5. The molecule has 2 aromatic carbocycles. The van der Waals surface area contributed by atoms with Gasteiger partial charge in [-0.1, -0.05) is 53.0 Å². The molecule has 0 fully saturated rings. The number of halogens is 3. The number of benzene rings is 2. The molecule has 0 heterocycles. The Bertz CT molecular complexity index is 1010. The van der Waals surface area contributed by atoms with E-state index in [0.717, 1.165) is 23.8 Å². The molecule has 1 atom stereocenters. The first-order valence-corrected chi connectivity index (χ1v) is 9.87. The molecule has 3 N–H and O–H groups in total. The SMILES string of the molecule is Cc1ccccc1NC(=S)N[C@@H](NC(=O)c1cc([N+](=O)[O-])cc([N+](=O)[O-])c1)C(Cl)(Cl)Cl. The number of hydrogen-bond donors (Lipinski definition) is 3. The summed E-state index contributed by atoms with van der Waals surface area (Å²) in [4.78, 5) is 32.9. The number of amides is 1. The number of nitro groups is 2. The number of para-hydroxylation sites is 1. The quantitative estimate of drug-likeness (QED) is 0.174. The zero-order chi connectivity index (χ0) is 23.3. The summed E-state index contributed by atoms with van der Waals surface area (Å²) in [6, 6.07) is 9.66. The van der Waals surface area contributed by atoms with Crippen molar-refractivity contribution in [3.8, 4) is 0 Å². The van der Waals surface area contributed by atoms with Gasteiger partial charge in [0.05, 0.1) is 21.5 Å². The topological polar surface area (TPSA) is 139 Å².